The van der Waals surface area contributed by atoms with E-state index in [1.54, 1.807) is 61.5 Å². The predicted molar refractivity (Wildman–Crippen MR) is 160 cm³/mol. The van der Waals surface area contributed by atoms with Crippen molar-refractivity contribution >= 4 is 39.1 Å². The average Bonchev–Trinajstić information content (AvgIpc) is 2.99. The number of carbonyl (C=O) groups excluding carboxylic acids is 2. The third-order valence-electron chi connectivity index (χ3n) is 6.56. The largest absolute Gasteiger partial charge is 0.497 e. The van der Waals surface area contributed by atoms with Gasteiger partial charge in [0, 0.05) is 24.2 Å². The van der Waals surface area contributed by atoms with E-state index >= 15 is 0 Å². The van der Waals surface area contributed by atoms with Crippen molar-refractivity contribution in [2.75, 3.05) is 31.6 Å². The average molecular weight is 602 g/mol. The van der Waals surface area contributed by atoms with E-state index in [-0.39, 0.29) is 28.8 Å². The number of hydrogen-bond acceptors (Lipinski definition) is 6. The van der Waals surface area contributed by atoms with E-state index in [9.17, 15) is 18.0 Å². The fraction of sp³-hybridized carbons (Fsp3) is 0.333. The summed E-state index contributed by atoms with van der Waals surface area (Å²) in [5.41, 5.74) is 0.731. The summed E-state index contributed by atoms with van der Waals surface area (Å²) in [5.74, 6) is -0.359. The van der Waals surface area contributed by atoms with E-state index in [1.165, 1.54) is 37.3 Å². The van der Waals surface area contributed by atoms with Gasteiger partial charge in [0.15, 0.2) is 0 Å². The summed E-state index contributed by atoms with van der Waals surface area (Å²) < 4.78 is 39.8. The monoisotopic (exact) mass is 601 g/mol. The summed E-state index contributed by atoms with van der Waals surface area (Å²) in [6, 6.07) is 18.6. The van der Waals surface area contributed by atoms with Gasteiger partial charge >= 0.3 is 0 Å². The molecule has 0 spiro atoms. The number of sulfonamides is 1. The summed E-state index contributed by atoms with van der Waals surface area (Å²) in [4.78, 5) is 28.5. The van der Waals surface area contributed by atoms with Crippen molar-refractivity contribution in [3.05, 3.63) is 83.4 Å². The molecule has 3 rings (SSSR count). The molecular weight excluding hydrogens is 566 g/mol. The van der Waals surface area contributed by atoms with Crippen molar-refractivity contribution in [2.24, 2.45) is 0 Å². The highest BCUT2D eigenvalue weighted by molar-refractivity contribution is 7.92. The first kappa shape index (κ1) is 31.8. The molecule has 0 aromatic heterocycles. The van der Waals surface area contributed by atoms with Gasteiger partial charge in [-0.05, 0) is 49.2 Å². The first-order valence-corrected chi connectivity index (χ1v) is 15.1. The molecule has 2 amide bonds. The van der Waals surface area contributed by atoms with Gasteiger partial charge in [-0.1, -0.05) is 61.3 Å². The number of anilines is 1. The fourth-order valence-corrected chi connectivity index (χ4v) is 5.79. The molecule has 0 fully saturated rings. The van der Waals surface area contributed by atoms with E-state index in [0.717, 1.165) is 17.1 Å². The van der Waals surface area contributed by atoms with E-state index < -0.39 is 28.5 Å². The number of carbonyl (C=O) groups is 2. The minimum Gasteiger partial charge on any atom is -0.497 e. The first-order chi connectivity index (χ1) is 19.6. The van der Waals surface area contributed by atoms with Crippen molar-refractivity contribution in [3.8, 4) is 11.5 Å². The molecule has 220 valence electrons. The maximum Gasteiger partial charge on any atom is 0.264 e. The van der Waals surface area contributed by atoms with E-state index in [0.29, 0.717) is 22.9 Å². The molecule has 0 aliphatic carbocycles. The first-order valence-electron chi connectivity index (χ1n) is 13.2. The maximum atomic E-state index is 14.1. The zero-order valence-electron chi connectivity index (χ0n) is 23.7. The predicted octanol–water partition coefficient (Wildman–Crippen LogP) is 4.89. The second kappa shape index (κ2) is 14.7. The zero-order chi connectivity index (χ0) is 30.0. The number of halogens is 1. The van der Waals surface area contributed by atoms with Gasteiger partial charge in [0.2, 0.25) is 11.8 Å². The maximum absolute atomic E-state index is 14.1. The quantitative estimate of drug-likeness (QED) is 0.264. The van der Waals surface area contributed by atoms with Crippen molar-refractivity contribution in [1.82, 2.24) is 10.2 Å². The van der Waals surface area contributed by atoms with Crippen molar-refractivity contribution in [2.45, 2.75) is 44.2 Å². The van der Waals surface area contributed by atoms with Crippen molar-refractivity contribution < 1.29 is 27.5 Å². The van der Waals surface area contributed by atoms with Gasteiger partial charge in [-0.3, -0.25) is 13.9 Å². The highest BCUT2D eigenvalue weighted by Crippen LogP contribution is 2.36. The van der Waals surface area contributed by atoms with Crippen molar-refractivity contribution in [3.63, 3.8) is 0 Å². The van der Waals surface area contributed by atoms with E-state index in [1.807, 2.05) is 6.92 Å². The number of amides is 2. The SMILES string of the molecule is CCCCNC(=O)[C@@H](C)N(Cc1ccccc1Cl)C(=O)CN(c1cc(OC)ccc1OC)S(=O)(=O)c1ccccc1. The van der Waals surface area contributed by atoms with Gasteiger partial charge in [-0.15, -0.1) is 0 Å². The second-order valence-electron chi connectivity index (χ2n) is 9.30. The number of methoxy groups -OCH3 is 2. The Morgan fingerprint density at radius 1 is 0.976 bits per heavy atom. The Balaban J connectivity index is 2.09. The highest BCUT2D eigenvalue weighted by Gasteiger charge is 2.34. The highest BCUT2D eigenvalue weighted by atomic mass is 35.5. The number of benzene rings is 3. The minimum atomic E-state index is -4.26. The smallest absolute Gasteiger partial charge is 0.264 e. The lowest BCUT2D eigenvalue weighted by Gasteiger charge is -2.32. The molecule has 11 heteroatoms. The molecule has 3 aromatic carbocycles. The Morgan fingerprint density at radius 2 is 1.66 bits per heavy atom. The number of ether oxygens (including phenoxy) is 2. The summed E-state index contributed by atoms with van der Waals surface area (Å²) >= 11 is 6.41. The van der Waals surface area contributed by atoms with Crippen LogP contribution in [-0.4, -0.2) is 58.5 Å². The van der Waals surface area contributed by atoms with Gasteiger partial charge in [-0.2, -0.15) is 0 Å². The fourth-order valence-electron chi connectivity index (χ4n) is 4.15. The molecule has 0 saturated carbocycles. The molecule has 0 aliphatic rings. The van der Waals surface area contributed by atoms with Crippen LogP contribution in [0.1, 0.15) is 32.3 Å². The van der Waals surface area contributed by atoms with Crippen LogP contribution in [0.25, 0.3) is 0 Å². The molecular formula is C30H36ClN3O6S. The molecule has 9 nitrogen and oxygen atoms in total. The summed E-state index contributed by atoms with van der Waals surface area (Å²) in [6.45, 7) is 3.46. The Bertz CT molecular complexity index is 1440. The molecule has 0 bridgehead atoms. The molecule has 3 aromatic rings. The number of unbranched alkanes of at least 4 members (excludes halogenated alkanes) is 1. The van der Waals surface area contributed by atoms with Crippen LogP contribution in [0.3, 0.4) is 0 Å². The summed E-state index contributed by atoms with van der Waals surface area (Å²) in [7, 11) is -1.40. The van der Waals surface area contributed by atoms with Gasteiger partial charge < -0.3 is 19.7 Å². The minimum absolute atomic E-state index is 0.00462. The Kier molecular flexibility index (Phi) is 11.4. The lowest BCUT2D eigenvalue weighted by molar-refractivity contribution is -0.139. The van der Waals surface area contributed by atoms with E-state index in [2.05, 4.69) is 5.32 Å². The van der Waals surface area contributed by atoms with Gasteiger partial charge in [0.1, 0.15) is 24.1 Å². The standard InChI is InChI=1S/C30H36ClN3O6S/c1-5-6-18-32-30(36)22(2)33(20-23-12-10-11-15-26(23)31)29(35)21-34(41(37,38)25-13-8-7-9-14-25)27-19-24(39-3)16-17-28(27)40-4/h7-17,19,22H,5-6,18,20-21H2,1-4H3,(H,32,36)/t22-/m1/s1. The van der Waals surface area contributed by atoms with Gasteiger partial charge in [0.25, 0.3) is 10.0 Å². The topological polar surface area (TPSA) is 105 Å². The third kappa shape index (κ3) is 7.92. The molecule has 41 heavy (non-hydrogen) atoms. The third-order valence-corrected chi connectivity index (χ3v) is 8.70. The molecule has 0 aliphatic heterocycles. The number of nitrogens with one attached hydrogen (secondary N) is 1. The molecule has 1 N–H and O–H groups in total. The normalized spacial score (nSPS) is 11.8. The molecule has 0 heterocycles. The Hall–Kier alpha value is -3.76. The van der Waals surface area contributed by atoms with E-state index in [4.69, 9.17) is 21.1 Å². The number of nitrogens with zero attached hydrogens (tertiary/aromatic N) is 2. The Morgan fingerprint density at radius 3 is 2.29 bits per heavy atom. The zero-order valence-corrected chi connectivity index (χ0v) is 25.2. The molecule has 1 atom stereocenters. The number of hydrogen-bond donors (Lipinski definition) is 1. The summed E-state index contributed by atoms with van der Waals surface area (Å²) in [6.07, 6.45) is 1.68. The van der Waals surface area contributed by atoms with Crippen LogP contribution in [0.4, 0.5) is 5.69 Å². The molecule has 0 radical (unpaired) electrons. The van der Waals surface area contributed by atoms with Crippen LogP contribution in [-0.2, 0) is 26.2 Å². The van der Waals surface area contributed by atoms with Crippen LogP contribution in [0.2, 0.25) is 5.02 Å². The van der Waals surface area contributed by atoms with Crippen molar-refractivity contribution in [1.29, 1.82) is 0 Å². The lowest BCUT2D eigenvalue weighted by atomic mass is 10.1. The lowest BCUT2D eigenvalue weighted by Crippen LogP contribution is -2.51. The van der Waals surface area contributed by atoms with Crippen LogP contribution in [0.5, 0.6) is 11.5 Å². The number of rotatable bonds is 14. The Labute approximate surface area is 247 Å². The summed E-state index contributed by atoms with van der Waals surface area (Å²) in [5, 5.41) is 3.28. The van der Waals surface area contributed by atoms with Gasteiger partial charge in [-0.25, -0.2) is 8.42 Å². The van der Waals surface area contributed by atoms with Crippen LogP contribution in [0.15, 0.2) is 77.7 Å². The van der Waals surface area contributed by atoms with Gasteiger partial charge in [0.05, 0.1) is 24.8 Å². The molecule has 0 saturated heterocycles. The molecule has 0 unspecified atom stereocenters. The van der Waals surface area contributed by atoms with Crippen LogP contribution < -0.4 is 19.1 Å². The van der Waals surface area contributed by atoms with Crippen LogP contribution in [0, 0.1) is 0 Å². The second-order valence-corrected chi connectivity index (χ2v) is 11.6. The van der Waals surface area contributed by atoms with Crippen LogP contribution >= 0.6 is 11.6 Å².